The lowest BCUT2D eigenvalue weighted by Crippen LogP contribution is -2.45. The Labute approximate surface area is 99.4 Å². The van der Waals surface area contributed by atoms with Gasteiger partial charge in [0.25, 0.3) is 0 Å². The molecule has 0 heterocycles. The first kappa shape index (κ1) is 16.0. The van der Waals surface area contributed by atoms with Crippen LogP contribution in [0.25, 0.3) is 0 Å². The van der Waals surface area contributed by atoms with Gasteiger partial charge in [0, 0.05) is 14.2 Å². The molecule has 0 saturated carbocycles. The van der Waals surface area contributed by atoms with Gasteiger partial charge in [-0.1, -0.05) is 0 Å². The van der Waals surface area contributed by atoms with Crippen LogP contribution in [0.15, 0.2) is 0 Å². The van der Waals surface area contributed by atoms with Gasteiger partial charge in [0.05, 0.1) is 0 Å². The molecule has 0 rings (SSSR count). The lowest BCUT2D eigenvalue weighted by atomic mass is 10.5. The summed E-state index contributed by atoms with van der Waals surface area (Å²) in [5, 5.41) is 0. The second kappa shape index (κ2) is 8.16. The van der Waals surface area contributed by atoms with E-state index in [0.29, 0.717) is 6.54 Å². The van der Waals surface area contributed by atoms with Crippen LogP contribution in [-0.2, 0) is 18.3 Å². The lowest BCUT2D eigenvalue weighted by molar-refractivity contribution is -0.102. The summed E-state index contributed by atoms with van der Waals surface area (Å²) in [6.45, 7) is 6.36. The van der Waals surface area contributed by atoms with E-state index in [0.717, 1.165) is 12.5 Å². The zero-order chi connectivity index (χ0) is 12.6. The zero-order valence-electron chi connectivity index (χ0n) is 11.0. The summed E-state index contributed by atoms with van der Waals surface area (Å²) < 4.78 is 21.8. The minimum atomic E-state index is -2.27. The van der Waals surface area contributed by atoms with E-state index in [2.05, 4.69) is 0 Å². The SMILES string of the molecule is COC(C)O[Si](C)(CCCN)OC(C)OC. The summed E-state index contributed by atoms with van der Waals surface area (Å²) in [5.74, 6) is 0. The minimum absolute atomic E-state index is 0.265. The molecule has 0 aromatic rings. The van der Waals surface area contributed by atoms with E-state index in [1.165, 1.54) is 0 Å². The van der Waals surface area contributed by atoms with Gasteiger partial charge < -0.3 is 24.1 Å². The van der Waals surface area contributed by atoms with Crippen molar-refractivity contribution < 1.29 is 18.3 Å². The summed E-state index contributed by atoms with van der Waals surface area (Å²) in [6, 6.07) is 0.838. The van der Waals surface area contributed by atoms with E-state index in [9.17, 15) is 0 Å². The first-order valence-electron chi connectivity index (χ1n) is 5.58. The fourth-order valence-corrected chi connectivity index (χ4v) is 4.10. The third kappa shape index (κ3) is 6.57. The molecule has 98 valence electrons. The fourth-order valence-electron chi connectivity index (χ4n) is 1.37. The highest BCUT2D eigenvalue weighted by molar-refractivity contribution is 6.66. The van der Waals surface area contributed by atoms with Crippen LogP contribution in [0, 0.1) is 0 Å². The largest absolute Gasteiger partial charge is 0.368 e. The number of rotatable bonds is 9. The molecule has 2 atom stereocenters. The van der Waals surface area contributed by atoms with Crippen molar-refractivity contribution in [1.82, 2.24) is 0 Å². The quantitative estimate of drug-likeness (QED) is 0.496. The molecule has 0 amide bonds. The highest BCUT2D eigenvalue weighted by Gasteiger charge is 2.35. The molecule has 2 unspecified atom stereocenters. The Hall–Kier alpha value is 0.0169. The van der Waals surface area contributed by atoms with Crippen LogP contribution >= 0.6 is 0 Å². The molecule has 0 aliphatic carbocycles. The van der Waals surface area contributed by atoms with Crippen LogP contribution in [-0.4, -0.2) is 41.9 Å². The van der Waals surface area contributed by atoms with Crippen LogP contribution in [0.2, 0.25) is 12.6 Å². The minimum Gasteiger partial charge on any atom is -0.368 e. The van der Waals surface area contributed by atoms with Gasteiger partial charge in [-0.3, -0.25) is 0 Å². The molecule has 0 aliphatic rings. The summed E-state index contributed by atoms with van der Waals surface area (Å²) in [4.78, 5) is 0. The van der Waals surface area contributed by atoms with Gasteiger partial charge >= 0.3 is 8.56 Å². The molecule has 0 bridgehead atoms. The molecule has 0 spiro atoms. The number of ether oxygens (including phenoxy) is 2. The van der Waals surface area contributed by atoms with Crippen molar-refractivity contribution in [1.29, 1.82) is 0 Å². The van der Waals surface area contributed by atoms with Crippen molar-refractivity contribution in [2.45, 2.75) is 45.4 Å². The van der Waals surface area contributed by atoms with Gasteiger partial charge in [0.1, 0.15) is 12.6 Å². The van der Waals surface area contributed by atoms with E-state index in [1.807, 2.05) is 20.4 Å². The predicted octanol–water partition coefficient (Wildman–Crippen LogP) is 1.43. The first-order chi connectivity index (χ1) is 7.47. The maximum absolute atomic E-state index is 5.82. The second-order valence-corrected chi connectivity index (χ2v) is 7.11. The first-order valence-corrected chi connectivity index (χ1v) is 8.11. The third-order valence-corrected chi connectivity index (χ3v) is 5.25. The van der Waals surface area contributed by atoms with Crippen LogP contribution in [0.5, 0.6) is 0 Å². The molecule has 0 aromatic carbocycles. The molecular formula is C10H25NO4Si. The Morgan fingerprint density at radius 1 is 1.06 bits per heavy atom. The predicted molar refractivity (Wildman–Crippen MR) is 65.2 cm³/mol. The topological polar surface area (TPSA) is 62.9 Å². The molecule has 6 heteroatoms. The van der Waals surface area contributed by atoms with Crippen molar-refractivity contribution in [3.63, 3.8) is 0 Å². The van der Waals surface area contributed by atoms with E-state index in [1.54, 1.807) is 14.2 Å². The number of methoxy groups -OCH3 is 2. The van der Waals surface area contributed by atoms with Gasteiger partial charge in [-0.15, -0.1) is 0 Å². The number of hydrogen-bond donors (Lipinski definition) is 1. The smallest absolute Gasteiger partial charge is 0.338 e. The van der Waals surface area contributed by atoms with E-state index < -0.39 is 8.56 Å². The van der Waals surface area contributed by atoms with Crippen molar-refractivity contribution in [3.8, 4) is 0 Å². The molecule has 5 nitrogen and oxygen atoms in total. The molecule has 0 aliphatic heterocycles. The monoisotopic (exact) mass is 251 g/mol. The Kier molecular flexibility index (Phi) is 8.17. The average Bonchev–Trinajstić information content (AvgIpc) is 2.25. The number of hydrogen-bond acceptors (Lipinski definition) is 5. The third-order valence-electron chi connectivity index (χ3n) is 2.33. The molecular weight excluding hydrogens is 226 g/mol. The van der Waals surface area contributed by atoms with Crippen LogP contribution in [0.4, 0.5) is 0 Å². The van der Waals surface area contributed by atoms with Gasteiger partial charge in [-0.2, -0.15) is 0 Å². The van der Waals surface area contributed by atoms with Gasteiger partial charge in [0.15, 0.2) is 0 Å². The Morgan fingerprint density at radius 2 is 1.50 bits per heavy atom. The molecule has 0 radical (unpaired) electrons. The van der Waals surface area contributed by atoms with Gasteiger partial charge in [-0.05, 0) is 39.4 Å². The summed E-state index contributed by atoms with van der Waals surface area (Å²) in [5.41, 5.74) is 5.51. The van der Waals surface area contributed by atoms with Gasteiger partial charge in [-0.25, -0.2) is 0 Å². The Balaban J connectivity index is 4.34. The normalized spacial score (nSPS) is 19.1. The molecule has 0 aromatic heterocycles. The molecule has 2 N–H and O–H groups in total. The Bertz CT molecular complexity index is 170. The highest BCUT2D eigenvalue weighted by atomic mass is 28.4. The standard InChI is InChI=1S/C10H25NO4Si/c1-9(12-3)14-16(5,8-6-7-11)15-10(2)13-4/h9-10H,6-8,11H2,1-5H3. The van der Waals surface area contributed by atoms with E-state index in [4.69, 9.17) is 24.1 Å². The Morgan fingerprint density at radius 3 is 1.81 bits per heavy atom. The van der Waals surface area contributed by atoms with Crippen LogP contribution in [0.1, 0.15) is 20.3 Å². The van der Waals surface area contributed by atoms with Crippen molar-refractivity contribution in [2.24, 2.45) is 5.73 Å². The molecule has 0 saturated heterocycles. The second-order valence-electron chi connectivity index (χ2n) is 3.87. The van der Waals surface area contributed by atoms with Crippen molar-refractivity contribution in [3.05, 3.63) is 0 Å². The van der Waals surface area contributed by atoms with E-state index in [-0.39, 0.29) is 12.6 Å². The summed E-state index contributed by atoms with van der Waals surface area (Å²) in [6.07, 6.45) is 0.354. The molecule has 0 fully saturated rings. The van der Waals surface area contributed by atoms with E-state index >= 15 is 0 Å². The van der Waals surface area contributed by atoms with Gasteiger partial charge in [0.2, 0.25) is 0 Å². The highest BCUT2D eigenvalue weighted by Crippen LogP contribution is 2.20. The van der Waals surface area contributed by atoms with Crippen LogP contribution < -0.4 is 5.73 Å². The molecule has 16 heavy (non-hydrogen) atoms. The lowest BCUT2D eigenvalue weighted by Gasteiger charge is -2.31. The number of nitrogens with two attached hydrogens (primary N) is 1. The maximum atomic E-state index is 5.82. The summed E-state index contributed by atoms with van der Waals surface area (Å²) >= 11 is 0. The summed E-state index contributed by atoms with van der Waals surface area (Å²) in [7, 11) is 0.958. The van der Waals surface area contributed by atoms with Crippen LogP contribution in [0.3, 0.4) is 0 Å². The zero-order valence-corrected chi connectivity index (χ0v) is 12.0. The average molecular weight is 251 g/mol. The van der Waals surface area contributed by atoms with Crippen molar-refractivity contribution in [2.75, 3.05) is 20.8 Å². The fraction of sp³-hybridized carbons (Fsp3) is 1.00. The van der Waals surface area contributed by atoms with Crippen molar-refractivity contribution >= 4 is 8.56 Å². The maximum Gasteiger partial charge on any atom is 0.338 e.